The predicted octanol–water partition coefficient (Wildman–Crippen LogP) is 1.99. The molecule has 0 bridgehead atoms. The molecule has 0 unspecified atom stereocenters. The fourth-order valence-corrected chi connectivity index (χ4v) is 5.99. The van der Waals surface area contributed by atoms with Crippen molar-refractivity contribution in [3.8, 4) is 0 Å². The van der Waals surface area contributed by atoms with Crippen LogP contribution in [0.25, 0.3) is 10.9 Å². The third-order valence-electron chi connectivity index (χ3n) is 5.84. The van der Waals surface area contributed by atoms with E-state index in [1.807, 2.05) is 12.1 Å². The summed E-state index contributed by atoms with van der Waals surface area (Å²) in [6.07, 6.45) is 5.65. The van der Waals surface area contributed by atoms with Gasteiger partial charge < -0.3 is 0 Å². The Morgan fingerprint density at radius 1 is 1.07 bits per heavy atom. The zero-order chi connectivity index (χ0) is 20.0. The summed E-state index contributed by atoms with van der Waals surface area (Å²) in [4.78, 5) is 16.9. The number of para-hydroxylation sites is 1. The van der Waals surface area contributed by atoms with Gasteiger partial charge in [0.1, 0.15) is 4.90 Å². The van der Waals surface area contributed by atoms with Crippen LogP contribution in [0.5, 0.6) is 0 Å². The summed E-state index contributed by atoms with van der Waals surface area (Å²) in [5.74, 6) is 0.0829. The van der Waals surface area contributed by atoms with Crippen molar-refractivity contribution in [2.75, 3.05) is 13.1 Å². The minimum atomic E-state index is -3.62. The van der Waals surface area contributed by atoms with Crippen LogP contribution in [0.3, 0.4) is 0 Å². The average molecular weight is 410 g/mol. The Labute approximate surface area is 169 Å². The Morgan fingerprint density at radius 3 is 2.72 bits per heavy atom. The molecule has 1 saturated heterocycles. The van der Waals surface area contributed by atoms with Crippen molar-refractivity contribution in [2.24, 2.45) is 5.92 Å². The van der Waals surface area contributed by atoms with Gasteiger partial charge in [-0.25, -0.2) is 13.1 Å². The number of aryl methyl sites for hydroxylation is 2. The summed E-state index contributed by atoms with van der Waals surface area (Å²) in [5, 5.41) is 5.35. The molecule has 0 amide bonds. The smallest absolute Gasteiger partial charge is 0.267 e. The molecule has 0 atom stereocenters. The number of benzene rings is 1. The summed E-state index contributed by atoms with van der Waals surface area (Å²) in [6.45, 7) is 1.22. The Balaban J connectivity index is 1.34. The number of rotatable bonds is 4. The topological polar surface area (TPSA) is 85.2 Å². The second-order valence-electron chi connectivity index (χ2n) is 7.86. The zero-order valence-corrected chi connectivity index (χ0v) is 16.8. The summed E-state index contributed by atoms with van der Waals surface area (Å²) in [6, 6.07) is 10.6. The van der Waals surface area contributed by atoms with E-state index in [1.165, 1.54) is 8.99 Å². The highest BCUT2D eigenvalue weighted by Crippen LogP contribution is 2.29. The van der Waals surface area contributed by atoms with Crippen molar-refractivity contribution in [3.63, 3.8) is 0 Å². The van der Waals surface area contributed by atoms with Crippen LogP contribution >= 0.6 is 0 Å². The van der Waals surface area contributed by atoms with Crippen LogP contribution in [0, 0.1) is 5.92 Å². The zero-order valence-electron chi connectivity index (χ0n) is 16.0. The fourth-order valence-electron chi connectivity index (χ4n) is 4.23. The second kappa shape index (κ2) is 7.03. The molecule has 0 radical (unpaired) electrons. The lowest BCUT2D eigenvalue weighted by atomic mass is 9.97. The summed E-state index contributed by atoms with van der Waals surface area (Å²) in [5.41, 5.74) is 2.48. The van der Waals surface area contributed by atoms with E-state index >= 15 is 0 Å². The first-order valence-electron chi connectivity index (χ1n) is 9.96. The molecule has 3 heterocycles. The molecular formula is C21H22N4O3S. The van der Waals surface area contributed by atoms with Gasteiger partial charge in [0.15, 0.2) is 0 Å². The lowest BCUT2D eigenvalue weighted by Crippen LogP contribution is -2.52. The quantitative estimate of drug-likeness (QED) is 0.657. The third kappa shape index (κ3) is 3.26. The normalized spacial score (nSPS) is 17.8. The van der Waals surface area contributed by atoms with Gasteiger partial charge in [0.25, 0.3) is 5.56 Å². The highest BCUT2D eigenvalue weighted by molar-refractivity contribution is 7.89. The lowest BCUT2D eigenvalue weighted by molar-refractivity contribution is 0.172. The van der Waals surface area contributed by atoms with Gasteiger partial charge in [-0.05, 0) is 43.4 Å². The van der Waals surface area contributed by atoms with E-state index in [0.717, 1.165) is 42.3 Å². The van der Waals surface area contributed by atoms with Gasteiger partial charge in [0, 0.05) is 36.7 Å². The molecule has 0 saturated carbocycles. The number of fused-ring (bicyclic) bond motifs is 2. The van der Waals surface area contributed by atoms with Gasteiger partial charge in [-0.15, -0.1) is 0 Å². The number of hydrogen-bond acceptors (Lipinski definition) is 5. The summed E-state index contributed by atoms with van der Waals surface area (Å²) >= 11 is 0. The standard InChI is InChI=1S/C21H22N4O3S/c26-20-11-17-5-1-2-8-18(17)23-25(20)14-15-12-24(13-15)29(27,28)19-9-3-6-16-7-4-10-22-21(16)19/h3-4,6-7,9-11,15H,1-2,5,8,12-14H2. The van der Waals surface area contributed by atoms with Crippen LogP contribution in [0.4, 0.5) is 0 Å². The molecule has 0 spiro atoms. The van der Waals surface area contributed by atoms with E-state index in [0.29, 0.717) is 25.2 Å². The van der Waals surface area contributed by atoms with Crippen LogP contribution in [0.15, 0.2) is 52.3 Å². The van der Waals surface area contributed by atoms with Crippen LogP contribution in [0.2, 0.25) is 0 Å². The summed E-state index contributed by atoms with van der Waals surface area (Å²) < 4.78 is 29.1. The molecule has 1 aromatic carbocycles. The molecule has 29 heavy (non-hydrogen) atoms. The van der Waals surface area contributed by atoms with E-state index in [4.69, 9.17) is 0 Å². The molecule has 2 aliphatic rings. The second-order valence-corrected chi connectivity index (χ2v) is 9.77. The molecule has 1 aliphatic carbocycles. The van der Waals surface area contributed by atoms with Crippen LogP contribution < -0.4 is 5.56 Å². The maximum atomic E-state index is 13.1. The predicted molar refractivity (Wildman–Crippen MR) is 109 cm³/mol. The number of pyridine rings is 1. The lowest BCUT2D eigenvalue weighted by Gasteiger charge is -2.38. The largest absolute Gasteiger partial charge is 0.268 e. The Bertz CT molecular complexity index is 1240. The van der Waals surface area contributed by atoms with E-state index in [2.05, 4.69) is 10.1 Å². The van der Waals surface area contributed by atoms with Gasteiger partial charge in [0.05, 0.1) is 17.8 Å². The summed E-state index contributed by atoms with van der Waals surface area (Å²) in [7, 11) is -3.62. The molecule has 0 N–H and O–H groups in total. The molecule has 1 fully saturated rings. The first-order valence-corrected chi connectivity index (χ1v) is 11.4. The van der Waals surface area contributed by atoms with Gasteiger partial charge >= 0.3 is 0 Å². The fraction of sp³-hybridized carbons (Fsp3) is 0.381. The molecule has 8 heteroatoms. The molecule has 1 aliphatic heterocycles. The SMILES string of the molecule is O=c1cc2c(nn1CC1CN(S(=O)(=O)c3cccc4cccnc34)C1)CCCC2. The monoisotopic (exact) mass is 410 g/mol. The third-order valence-corrected chi connectivity index (χ3v) is 7.71. The molecule has 150 valence electrons. The number of nitrogens with zero attached hydrogens (tertiary/aromatic N) is 4. The molecule has 7 nitrogen and oxygen atoms in total. The van der Waals surface area contributed by atoms with Crippen LogP contribution in [-0.4, -0.2) is 40.6 Å². The minimum absolute atomic E-state index is 0.0829. The van der Waals surface area contributed by atoms with E-state index in [-0.39, 0.29) is 16.4 Å². The van der Waals surface area contributed by atoms with Gasteiger partial charge in [-0.3, -0.25) is 9.78 Å². The van der Waals surface area contributed by atoms with Gasteiger partial charge in [-0.1, -0.05) is 18.2 Å². The van der Waals surface area contributed by atoms with Crippen molar-refractivity contribution in [1.29, 1.82) is 0 Å². The first kappa shape index (κ1) is 18.4. The van der Waals surface area contributed by atoms with Gasteiger partial charge in [-0.2, -0.15) is 9.40 Å². The highest BCUT2D eigenvalue weighted by Gasteiger charge is 2.38. The first-order chi connectivity index (χ1) is 14.0. The molecular weight excluding hydrogens is 388 g/mol. The molecule has 3 aromatic rings. The van der Waals surface area contributed by atoms with E-state index in [9.17, 15) is 13.2 Å². The highest BCUT2D eigenvalue weighted by atomic mass is 32.2. The van der Waals surface area contributed by atoms with E-state index in [1.54, 1.807) is 30.5 Å². The average Bonchev–Trinajstić information content (AvgIpc) is 2.70. The van der Waals surface area contributed by atoms with Crippen molar-refractivity contribution >= 4 is 20.9 Å². The number of aromatic nitrogens is 3. The number of sulfonamides is 1. The van der Waals surface area contributed by atoms with Crippen LogP contribution in [0.1, 0.15) is 24.1 Å². The Kier molecular flexibility index (Phi) is 4.48. The van der Waals surface area contributed by atoms with E-state index < -0.39 is 10.0 Å². The van der Waals surface area contributed by atoms with Crippen molar-refractivity contribution < 1.29 is 8.42 Å². The Hall–Kier alpha value is -2.58. The molecule has 5 rings (SSSR count). The Morgan fingerprint density at radius 2 is 1.86 bits per heavy atom. The maximum Gasteiger partial charge on any atom is 0.267 e. The van der Waals surface area contributed by atoms with Crippen molar-refractivity contribution in [1.82, 2.24) is 19.1 Å². The maximum absolute atomic E-state index is 13.1. The molecule has 2 aromatic heterocycles. The minimum Gasteiger partial charge on any atom is -0.268 e. The number of hydrogen-bond donors (Lipinski definition) is 0. The van der Waals surface area contributed by atoms with Crippen LogP contribution in [-0.2, 0) is 29.4 Å². The van der Waals surface area contributed by atoms with Crippen molar-refractivity contribution in [3.05, 3.63) is 64.2 Å². The van der Waals surface area contributed by atoms with Gasteiger partial charge in [0.2, 0.25) is 10.0 Å². The van der Waals surface area contributed by atoms with Crippen molar-refractivity contribution in [2.45, 2.75) is 37.1 Å².